The summed E-state index contributed by atoms with van der Waals surface area (Å²) < 4.78 is 10.5. The number of morpholine rings is 1. The molecule has 1 atom stereocenters. The number of amides is 1. The van der Waals surface area contributed by atoms with Crippen LogP contribution >= 0.6 is 0 Å². The van der Waals surface area contributed by atoms with E-state index in [9.17, 15) is 4.79 Å². The third-order valence-corrected chi connectivity index (χ3v) is 3.90. The van der Waals surface area contributed by atoms with Gasteiger partial charge in [-0.05, 0) is 30.5 Å². The summed E-state index contributed by atoms with van der Waals surface area (Å²) in [5.41, 5.74) is 8.01. The summed E-state index contributed by atoms with van der Waals surface area (Å²) in [6.45, 7) is 4.92. The molecule has 1 unspecified atom stereocenters. The van der Waals surface area contributed by atoms with E-state index < -0.39 is 0 Å². The molecule has 1 heterocycles. The average Bonchev–Trinajstić information content (AvgIpc) is 2.53. The number of hydrogen-bond acceptors (Lipinski definition) is 4. The maximum Gasteiger partial charge on any atom is 0.227 e. The fraction of sp³-hybridized carbons (Fsp3) is 0.562. The van der Waals surface area contributed by atoms with Gasteiger partial charge in [0.2, 0.25) is 5.91 Å². The first-order chi connectivity index (χ1) is 10.2. The summed E-state index contributed by atoms with van der Waals surface area (Å²) in [7, 11) is 1.66. The molecule has 0 bridgehead atoms. The predicted octanol–water partition coefficient (Wildman–Crippen LogP) is 0.980. The number of rotatable bonds is 5. The van der Waals surface area contributed by atoms with Crippen LogP contribution in [0.5, 0.6) is 5.75 Å². The molecule has 2 rings (SSSR count). The van der Waals surface area contributed by atoms with Crippen molar-refractivity contribution in [3.8, 4) is 5.75 Å². The second-order valence-electron chi connectivity index (χ2n) is 5.38. The lowest BCUT2D eigenvalue weighted by atomic mass is 9.96. The molecule has 1 amide bonds. The van der Waals surface area contributed by atoms with Crippen molar-refractivity contribution < 1.29 is 14.3 Å². The summed E-state index contributed by atoms with van der Waals surface area (Å²) in [5, 5.41) is 0. The minimum atomic E-state index is -0.170. The monoisotopic (exact) mass is 292 g/mol. The Morgan fingerprint density at radius 1 is 1.43 bits per heavy atom. The molecule has 2 N–H and O–H groups in total. The van der Waals surface area contributed by atoms with Crippen LogP contribution in [0.3, 0.4) is 0 Å². The Balaban J connectivity index is 2.04. The van der Waals surface area contributed by atoms with Gasteiger partial charge in [0.05, 0.1) is 26.2 Å². The zero-order valence-electron chi connectivity index (χ0n) is 12.8. The standard InChI is InChI=1S/C16H24N2O3/c1-12-9-13(3-4-15(12)20-2)10-14(11-17)16(19)18-5-7-21-8-6-18/h3-4,9,14H,5-8,10-11,17H2,1-2H3. The molecule has 5 nitrogen and oxygen atoms in total. The van der Waals surface area contributed by atoms with Gasteiger partial charge in [-0.25, -0.2) is 0 Å². The number of ether oxygens (including phenoxy) is 2. The lowest BCUT2D eigenvalue weighted by Gasteiger charge is -2.30. The highest BCUT2D eigenvalue weighted by Gasteiger charge is 2.25. The smallest absolute Gasteiger partial charge is 0.227 e. The molecule has 1 aliphatic heterocycles. The Labute approximate surface area is 126 Å². The number of nitrogens with two attached hydrogens (primary N) is 1. The second kappa shape index (κ2) is 7.43. The van der Waals surface area contributed by atoms with Crippen LogP contribution in [0.15, 0.2) is 18.2 Å². The number of hydrogen-bond donors (Lipinski definition) is 1. The minimum absolute atomic E-state index is 0.134. The van der Waals surface area contributed by atoms with Crippen LogP contribution in [0.1, 0.15) is 11.1 Å². The molecule has 0 aliphatic carbocycles. The molecule has 0 radical (unpaired) electrons. The number of aryl methyl sites for hydroxylation is 1. The van der Waals surface area contributed by atoms with Gasteiger partial charge >= 0.3 is 0 Å². The quantitative estimate of drug-likeness (QED) is 0.878. The van der Waals surface area contributed by atoms with Gasteiger partial charge in [0.15, 0.2) is 0 Å². The molecule has 21 heavy (non-hydrogen) atoms. The van der Waals surface area contributed by atoms with Crippen molar-refractivity contribution in [3.63, 3.8) is 0 Å². The first-order valence-electron chi connectivity index (χ1n) is 7.35. The van der Waals surface area contributed by atoms with Crippen molar-refractivity contribution in [2.24, 2.45) is 11.7 Å². The SMILES string of the molecule is COc1ccc(CC(CN)C(=O)N2CCOCC2)cc1C. The molecule has 1 fully saturated rings. The summed E-state index contributed by atoms with van der Waals surface area (Å²) in [4.78, 5) is 14.4. The van der Waals surface area contributed by atoms with Crippen molar-refractivity contribution in [1.82, 2.24) is 4.90 Å². The zero-order valence-corrected chi connectivity index (χ0v) is 12.8. The number of methoxy groups -OCH3 is 1. The van der Waals surface area contributed by atoms with Crippen molar-refractivity contribution in [1.29, 1.82) is 0 Å². The van der Waals surface area contributed by atoms with Crippen LogP contribution in [0.25, 0.3) is 0 Å². The highest BCUT2D eigenvalue weighted by atomic mass is 16.5. The Kier molecular flexibility index (Phi) is 5.59. The third-order valence-electron chi connectivity index (χ3n) is 3.90. The van der Waals surface area contributed by atoms with Crippen LogP contribution in [-0.2, 0) is 16.0 Å². The maximum atomic E-state index is 12.5. The molecule has 1 saturated heterocycles. The molecule has 1 aromatic rings. The van der Waals surface area contributed by atoms with E-state index in [-0.39, 0.29) is 11.8 Å². The average molecular weight is 292 g/mol. The van der Waals surface area contributed by atoms with Crippen LogP contribution < -0.4 is 10.5 Å². The van der Waals surface area contributed by atoms with E-state index in [2.05, 4.69) is 6.07 Å². The van der Waals surface area contributed by atoms with E-state index in [1.165, 1.54) is 0 Å². The molecule has 0 saturated carbocycles. The van der Waals surface area contributed by atoms with Crippen LogP contribution in [0.2, 0.25) is 0 Å². The van der Waals surface area contributed by atoms with Crippen LogP contribution in [0, 0.1) is 12.8 Å². The highest BCUT2D eigenvalue weighted by Crippen LogP contribution is 2.21. The van der Waals surface area contributed by atoms with Gasteiger partial charge in [-0.3, -0.25) is 4.79 Å². The Morgan fingerprint density at radius 2 is 2.14 bits per heavy atom. The molecule has 116 valence electrons. The van der Waals surface area contributed by atoms with Gasteiger partial charge in [-0.15, -0.1) is 0 Å². The summed E-state index contributed by atoms with van der Waals surface area (Å²) in [6.07, 6.45) is 0.664. The van der Waals surface area contributed by atoms with E-state index >= 15 is 0 Å². The Hall–Kier alpha value is -1.59. The van der Waals surface area contributed by atoms with Crippen molar-refractivity contribution in [2.75, 3.05) is 40.0 Å². The maximum absolute atomic E-state index is 12.5. The Morgan fingerprint density at radius 3 is 2.71 bits per heavy atom. The summed E-state index contributed by atoms with van der Waals surface area (Å²) in [5.74, 6) is 0.827. The lowest BCUT2D eigenvalue weighted by Crippen LogP contribution is -2.45. The molecule has 5 heteroatoms. The van der Waals surface area contributed by atoms with Gasteiger partial charge in [0.1, 0.15) is 5.75 Å². The second-order valence-corrected chi connectivity index (χ2v) is 5.38. The summed E-state index contributed by atoms with van der Waals surface area (Å²) in [6, 6.07) is 6.01. The fourth-order valence-electron chi connectivity index (χ4n) is 2.67. The number of benzene rings is 1. The summed E-state index contributed by atoms with van der Waals surface area (Å²) >= 11 is 0. The van der Waals surface area contributed by atoms with E-state index in [1.54, 1.807) is 7.11 Å². The van der Waals surface area contributed by atoms with Crippen molar-refractivity contribution in [3.05, 3.63) is 29.3 Å². The van der Waals surface area contributed by atoms with Gasteiger partial charge in [-0.2, -0.15) is 0 Å². The van der Waals surface area contributed by atoms with E-state index in [0.717, 1.165) is 16.9 Å². The van der Waals surface area contributed by atoms with Gasteiger partial charge < -0.3 is 20.1 Å². The van der Waals surface area contributed by atoms with E-state index in [4.69, 9.17) is 15.2 Å². The van der Waals surface area contributed by atoms with E-state index in [1.807, 2.05) is 24.0 Å². The minimum Gasteiger partial charge on any atom is -0.496 e. The van der Waals surface area contributed by atoms with Gasteiger partial charge in [0, 0.05) is 19.6 Å². The molecular weight excluding hydrogens is 268 g/mol. The highest BCUT2D eigenvalue weighted by molar-refractivity contribution is 5.79. The number of nitrogens with zero attached hydrogens (tertiary/aromatic N) is 1. The molecule has 0 spiro atoms. The van der Waals surface area contributed by atoms with Crippen molar-refractivity contribution >= 4 is 5.91 Å². The molecule has 0 aromatic heterocycles. The molecule has 1 aliphatic rings. The third kappa shape index (κ3) is 3.95. The fourth-order valence-corrected chi connectivity index (χ4v) is 2.67. The normalized spacial score (nSPS) is 16.6. The van der Waals surface area contributed by atoms with E-state index in [0.29, 0.717) is 39.3 Å². The van der Waals surface area contributed by atoms with Gasteiger partial charge in [0.25, 0.3) is 0 Å². The topological polar surface area (TPSA) is 64.8 Å². The van der Waals surface area contributed by atoms with Crippen LogP contribution in [-0.4, -0.2) is 50.8 Å². The predicted molar refractivity (Wildman–Crippen MR) is 81.4 cm³/mol. The largest absolute Gasteiger partial charge is 0.496 e. The lowest BCUT2D eigenvalue weighted by molar-refractivity contribution is -0.139. The first-order valence-corrected chi connectivity index (χ1v) is 7.35. The molecular formula is C16H24N2O3. The number of carbonyl (C=O) groups excluding carboxylic acids is 1. The first kappa shape index (κ1) is 15.8. The van der Waals surface area contributed by atoms with Crippen LogP contribution in [0.4, 0.5) is 0 Å². The Bertz CT molecular complexity index is 484. The van der Waals surface area contributed by atoms with Gasteiger partial charge in [-0.1, -0.05) is 12.1 Å². The van der Waals surface area contributed by atoms with Crippen molar-refractivity contribution in [2.45, 2.75) is 13.3 Å². The zero-order chi connectivity index (χ0) is 15.2. The molecule has 1 aromatic carbocycles. The number of carbonyl (C=O) groups is 1.